The molecule has 1 aromatic carbocycles. The Morgan fingerprint density at radius 3 is 2.67 bits per heavy atom. The molecule has 0 spiro atoms. The van der Waals surface area contributed by atoms with E-state index in [9.17, 15) is 9.59 Å². The number of aromatic nitrogens is 1. The summed E-state index contributed by atoms with van der Waals surface area (Å²) in [5.41, 5.74) is 2.91. The third-order valence-electron chi connectivity index (χ3n) is 4.33. The van der Waals surface area contributed by atoms with Crippen molar-refractivity contribution in [2.45, 2.75) is 32.9 Å². The quantitative estimate of drug-likeness (QED) is 0.868. The molecule has 124 valence electrons. The Morgan fingerprint density at radius 2 is 1.96 bits per heavy atom. The molecule has 2 aromatic rings. The van der Waals surface area contributed by atoms with Crippen LogP contribution in [0.25, 0.3) is 0 Å². The van der Waals surface area contributed by atoms with Gasteiger partial charge < -0.3 is 9.80 Å². The molecule has 1 aliphatic rings. The number of carbonyl (C=O) groups excluding carboxylic acids is 2. The summed E-state index contributed by atoms with van der Waals surface area (Å²) in [5, 5.41) is 0. The van der Waals surface area contributed by atoms with Crippen LogP contribution in [0.5, 0.6) is 0 Å². The first-order valence-corrected chi connectivity index (χ1v) is 8.11. The number of carbonyl (C=O) groups is 2. The van der Waals surface area contributed by atoms with Crippen LogP contribution in [0.1, 0.15) is 25.1 Å². The van der Waals surface area contributed by atoms with Crippen molar-refractivity contribution in [1.82, 2.24) is 9.88 Å². The molecule has 0 fully saturated rings. The Labute approximate surface area is 141 Å². The maximum atomic E-state index is 12.8. The van der Waals surface area contributed by atoms with Crippen molar-refractivity contribution in [2.24, 2.45) is 0 Å². The molecule has 3 rings (SSSR count). The molecule has 0 saturated carbocycles. The molecule has 0 N–H and O–H groups in total. The number of benzene rings is 1. The zero-order valence-electron chi connectivity index (χ0n) is 14.0. The van der Waals surface area contributed by atoms with Gasteiger partial charge in [-0.15, -0.1) is 0 Å². The first kappa shape index (κ1) is 16.2. The molecule has 1 atom stereocenters. The molecule has 0 aliphatic carbocycles. The lowest BCUT2D eigenvalue weighted by molar-refractivity contribution is -0.134. The van der Waals surface area contributed by atoms with Crippen molar-refractivity contribution in [3.63, 3.8) is 0 Å². The molecule has 5 nitrogen and oxygen atoms in total. The van der Waals surface area contributed by atoms with Crippen LogP contribution in [0.15, 0.2) is 48.7 Å². The van der Waals surface area contributed by atoms with Gasteiger partial charge in [-0.05, 0) is 37.1 Å². The van der Waals surface area contributed by atoms with Crippen molar-refractivity contribution < 1.29 is 9.59 Å². The molecule has 5 heteroatoms. The van der Waals surface area contributed by atoms with E-state index < -0.39 is 0 Å². The third-order valence-corrected chi connectivity index (χ3v) is 4.33. The number of hydrogen-bond acceptors (Lipinski definition) is 3. The predicted molar refractivity (Wildman–Crippen MR) is 92.4 cm³/mol. The lowest BCUT2D eigenvalue weighted by Gasteiger charge is -2.27. The molecular formula is C19H21N3O2. The lowest BCUT2D eigenvalue weighted by atomic mass is 10.1. The number of hydrogen-bond donors (Lipinski definition) is 0. The van der Waals surface area contributed by atoms with Crippen LogP contribution in [0.4, 0.5) is 5.69 Å². The number of rotatable bonds is 4. The zero-order valence-corrected chi connectivity index (χ0v) is 14.0. The average molecular weight is 323 g/mol. The fraction of sp³-hybridized carbons (Fsp3) is 0.316. The number of pyridine rings is 1. The summed E-state index contributed by atoms with van der Waals surface area (Å²) in [4.78, 5) is 32.4. The van der Waals surface area contributed by atoms with Crippen LogP contribution >= 0.6 is 0 Å². The van der Waals surface area contributed by atoms with Crippen LogP contribution in [0, 0.1) is 0 Å². The van der Waals surface area contributed by atoms with E-state index in [-0.39, 0.29) is 24.4 Å². The molecular weight excluding hydrogens is 302 g/mol. The van der Waals surface area contributed by atoms with Gasteiger partial charge in [0, 0.05) is 24.8 Å². The van der Waals surface area contributed by atoms with Crippen LogP contribution in [-0.4, -0.2) is 34.3 Å². The SMILES string of the molecule is CC(=O)N(CC(=O)N1c2ccccc2CC1C)Cc1ccccn1. The number of para-hydroxylation sites is 1. The Hall–Kier alpha value is -2.69. The molecule has 1 aliphatic heterocycles. The van der Waals surface area contributed by atoms with E-state index in [1.54, 1.807) is 6.20 Å². The van der Waals surface area contributed by atoms with E-state index in [2.05, 4.69) is 11.1 Å². The second-order valence-corrected chi connectivity index (χ2v) is 6.14. The van der Waals surface area contributed by atoms with Crippen LogP contribution in [0.2, 0.25) is 0 Å². The highest BCUT2D eigenvalue weighted by Gasteiger charge is 2.31. The fourth-order valence-electron chi connectivity index (χ4n) is 3.15. The molecule has 0 radical (unpaired) electrons. The van der Waals surface area contributed by atoms with Crippen molar-refractivity contribution in [1.29, 1.82) is 0 Å². The van der Waals surface area contributed by atoms with Gasteiger partial charge in [-0.1, -0.05) is 24.3 Å². The molecule has 0 bridgehead atoms. The molecule has 0 saturated heterocycles. The number of amides is 2. The van der Waals surface area contributed by atoms with Gasteiger partial charge >= 0.3 is 0 Å². The van der Waals surface area contributed by atoms with Crippen LogP contribution in [-0.2, 0) is 22.6 Å². The minimum Gasteiger partial charge on any atom is -0.328 e. The van der Waals surface area contributed by atoms with E-state index in [0.717, 1.165) is 17.8 Å². The van der Waals surface area contributed by atoms with Gasteiger partial charge in [0.1, 0.15) is 6.54 Å². The smallest absolute Gasteiger partial charge is 0.246 e. The zero-order chi connectivity index (χ0) is 17.1. The topological polar surface area (TPSA) is 53.5 Å². The van der Waals surface area contributed by atoms with Crippen molar-refractivity contribution >= 4 is 17.5 Å². The summed E-state index contributed by atoms with van der Waals surface area (Å²) < 4.78 is 0. The van der Waals surface area contributed by atoms with E-state index in [0.29, 0.717) is 6.54 Å². The standard InChI is InChI=1S/C19H21N3O2/c1-14-11-16-7-3-4-9-18(16)22(14)19(24)13-21(15(2)23)12-17-8-5-6-10-20-17/h3-10,14H,11-13H2,1-2H3. The van der Waals surface area contributed by atoms with Crippen molar-refractivity contribution in [3.05, 3.63) is 59.9 Å². The summed E-state index contributed by atoms with van der Waals surface area (Å²) in [5.74, 6) is -0.187. The monoisotopic (exact) mass is 323 g/mol. The number of fused-ring (bicyclic) bond motifs is 1. The van der Waals surface area contributed by atoms with E-state index in [1.807, 2.05) is 48.2 Å². The molecule has 1 unspecified atom stereocenters. The Bertz CT molecular complexity index is 745. The maximum Gasteiger partial charge on any atom is 0.246 e. The van der Waals surface area contributed by atoms with Crippen LogP contribution in [0.3, 0.4) is 0 Å². The first-order valence-electron chi connectivity index (χ1n) is 8.11. The summed E-state index contributed by atoms with van der Waals surface area (Å²) in [6.07, 6.45) is 2.54. The second kappa shape index (κ2) is 6.83. The first-order chi connectivity index (χ1) is 11.6. The predicted octanol–water partition coefficient (Wildman–Crippen LogP) is 2.41. The maximum absolute atomic E-state index is 12.8. The fourth-order valence-corrected chi connectivity index (χ4v) is 3.15. The lowest BCUT2D eigenvalue weighted by Crippen LogP contribution is -2.44. The summed E-state index contributed by atoms with van der Waals surface area (Å²) in [6, 6.07) is 13.6. The van der Waals surface area contributed by atoms with E-state index in [4.69, 9.17) is 0 Å². The van der Waals surface area contributed by atoms with Gasteiger partial charge in [0.05, 0.1) is 12.2 Å². The van der Waals surface area contributed by atoms with Crippen molar-refractivity contribution in [2.75, 3.05) is 11.4 Å². The highest BCUT2D eigenvalue weighted by Crippen LogP contribution is 2.31. The van der Waals surface area contributed by atoms with Gasteiger partial charge in [0.15, 0.2) is 0 Å². The summed E-state index contributed by atoms with van der Waals surface area (Å²) in [6.45, 7) is 3.92. The van der Waals surface area contributed by atoms with Gasteiger partial charge in [0.2, 0.25) is 11.8 Å². The minimum absolute atomic E-state index is 0.0569. The van der Waals surface area contributed by atoms with E-state index >= 15 is 0 Å². The minimum atomic E-state index is -0.130. The Kier molecular flexibility index (Phi) is 4.60. The second-order valence-electron chi connectivity index (χ2n) is 6.14. The Balaban J connectivity index is 1.76. The average Bonchev–Trinajstić information content (AvgIpc) is 2.90. The molecule has 1 aromatic heterocycles. The van der Waals surface area contributed by atoms with Crippen LogP contribution < -0.4 is 4.90 Å². The van der Waals surface area contributed by atoms with Gasteiger partial charge in [0.25, 0.3) is 0 Å². The summed E-state index contributed by atoms with van der Waals surface area (Å²) in [7, 11) is 0. The molecule has 24 heavy (non-hydrogen) atoms. The Morgan fingerprint density at radius 1 is 1.21 bits per heavy atom. The van der Waals surface area contributed by atoms with Gasteiger partial charge in [-0.25, -0.2) is 0 Å². The molecule has 2 amide bonds. The normalized spacial score (nSPS) is 15.9. The summed E-state index contributed by atoms with van der Waals surface area (Å²) >= 11 is 0. The van der Waals surface area contributed by atoms with Gasteiger partial charge in [-0.3, -0.25) is 14.6 Å². The highest BCUT2D eigenvalue weighted by atomic mass is 16.2. The highest BCUT2D eigenvalue weighted by molar-refractivity contribution is 5.98. The molecule has 2 heterocycles. The number of nitrogens with zero attached hydrogens (tertiary/aromatic N) is 3. The van der Waals surface area contributed by atoms with E-state index in [1.165, 1.54) is 17.4 Å². The number of anilines is 1. The third kappa shape index (κ3) is 3.30. The van der Waals surface area contributed by atoms with Crippen molar-refractivity contribution in [3.8, 4) is 0 Å². The largest absolute Gasteiger partial charge is 0.328 e. The van der Waals surface area contributed by atoms with Gasteiger partial charge in [-0.2, -0.15) is 0 Å².